The van der Waals surface area contributed by atoms with E-state index in [1.54, 1.807) is 0 Å². The van der Waals surface area contributed by atoms with Crippen molar-refractivity contribution in [3.8, 4) is 0 Å². The quantitative estimate of drug-likeness (QED) is 0.0197. The standard InChI is InChI=1S/C54H102NO7P/c1-6-8-10-12-14-16-18-20-22-24-26-27-28-29-30-31-33-35-37-39-41-43-45-47-54(56)62-53(52-61-63(57,58)60-50-48-55(3,4)5)51-59-49-46-44-42-40-38-36-34-32-25-23-21-19-17-15-13-11-9-7-2/h9,11,15,17,21,23,32,34,53H,6-8,10,12-14,16,18-20,22,24-31,33,35-52H2,1-5H3/b11-9-,17-15-,23-21-,34-32-. The topological polar surface area (TPSA) is 94.1 Å². The third-order valence-electron chi connectivity index (χ3n) is 11.4. The molecule has 0 aromatic heterocycles. The number of phosphoric acid groups is 1. The maximum atomic E-state index is 12.8. The fraction of sp³-hybridized carbons (Fsp3) is 0.833. The summed E-state index contributed by atoms with van der Waals surface area (Å²) in [4.78, 5) is 25.2. The Morgan fingerprint density at radius 1 is 0.508 bits per heavy atom. The summed E-state index contributed by atoms with van der Waals surface area (Å²) in [6.07, 6.45) is 58.6. The van der Waals surface area contributed by atoms with Crippen LogP contribution in [0.25, 0.3) is 0 Å². The van der Waals surface area contributed by atoms with E-state index in [1.165, 1.54) is 141 Å². The van der Waals surface area contributed by atoms with Crippen molar-refractivity contribution < 1.29 is 37.3 Å². The van der Waals surface area contributed by atoms with Gasteiger partial charge in [0.05, 0.1) is 34.4 Å². The number of rotatable bonds is 49. The molecule has 370 valence electrons. The van der Waals surface area contributed by atoms with Crippen LogP contribution in [0.5, 0.6) is 0 Å². The molecule has 0 amide bonds. The van der Waals surface area contributed by atoms with Gasteiger partial charge in [-0.15, -0.1) is 0 Å². The monoisotopic (exact) mass is 908 g/mol. The lowest BCUT2D eigenvalue weighted by atomic mass is 10.0. The molecule has 0 aliphatic heterocycles. The van der Waals surface area contributed by atoms with Gasteiger partial charge in [0.1, 0.15) is 19.3 Å². The summed E-state index contributed by atoms with van der Waals surface area (Å²) in [5.74, 6) is -0.337. The third-order valence-corrected chi connectivity index (χ3v) is 12.4. The first kappa shape index (κ1) is 61.5. The van der Waals surface area contributed by atoms with Crippen molar-refractivity contribution in [2.75, 3.05) is 54.1 Å². The Balaban J connectivity index is 4.12. The number of phosphoric ester groups is 1. The maximum Gasteiger partial charge on any atom is 0.306 e. The highest BCUT2D eigenvalue weighted by molar-refractivity contribution is 7.45. The number of carbonyl (C=O) groups excluding carboxylic acids is 1. The molecule has 0 heterocycles. The number of likely N-dealkylation sites (N-methyl/N-ethyl adjacent to an activating group) is 1. The van der Waals surface area contributed by atoms with Crippen LogP contribution in [0.15, 0.2) is 48.6 Å². The van der Waals surface area contributed by atoms with E-state index < -0.39 is 13.9 Å². The Bertz CT molecular complexity index is 1150. The van der Waals surface area contributed by atoms with Crippen LogP contribution in [0, 0.1) is 0 Å². The first-order chi connectivity index (χ1) is 30.6. The minimum Gasteiger partial charge on any atom is -0.756 e. The van der Waals surface area contributed by atoms with Gasteiger partial charge in [-0.1, -0.05) is 223 Å². The zero-order chi connectivity index (χ0) is 46.2. The molecule has 2 unspecified atom stereocenters. The molecule has 0 radical (unpaired) electrons. The van der Waals surface area contributed by atoms with Crippen LogP contribution in [0.3, 0.4) is 0 Å². The fourth-order valence-electron chi connectivity index (χ4n) is 7.36. The predicted octanol–water partition coefficient (Wildman–Crippen LogP) is 15.7. The number of hydrogen-bond donors (Lipinski definition) is 0. The van der Waals surface area contributed by atoms with E-state index in [0.29, 0.717) is 24.1 Å². The molecule has 0 saturated heterocycles. The van der Waals surface area contributed by atoms with Crippen molar-refractivity contribution in [1.82, 2.24) is 0 Å². The number of quaternary nitrogens is 1. The molecule has 0 aromatic rings. The average molecular weight is 908 g/mol. The molecule has 0 saturated carbocycles. The molecule has 9 heteroatoms. The summed E-state index contributed by atoms with van der Waals surface area (Å²) in [6, 6.07) is 0. The normalized spacial score (nSPS) is 13.9. The molecule has 0 aliphatic rings. The lowest BCUT2D eigenvalue weighted by Crippen LogP contribution is -2.37. The van der Waals surface area contributed by atoms with Crippen molar-refractivity contribution >= 4 is 13.8 Å². The Morgan fingerprint density at radius 2 is 0.921 bits per heavy atom. The lowest BCUT2D eigenvalue weighted by molar-refractivity contribution is -0.870. The van der Waals surface area contributed by atoms with Gasteiger partial charge in [-0.25, -0.2) is 0 Å². The van der Waals surface area contributed by atoms with E-state index in [2.05, 4.69) is 62.5 Å². The molecule has 8 nitrogen and oxygen atoms in total. The largest absolute Gasteiger partial charge is 0.756 e. The molecule has 0 bridgehead atoms. The average Bonchev–Trinajstić information content (AvgIpc) is 3.24. The third kappa shape index (κ3) is 51.3. The second-order valence-electron chi connectivity index (χ2n) is 18.9. The first-order valence-electron chi connectivity index (χ1n) is 26.4. The van der Waals surface area contributed by atoms with Crippen LogP contribution in [0.1, 0.15) is 232 Å². The van der Waals surface area contributed by atoms with Crippen LogP contribution in [0.2, 0.25) is 0 Å². The summed E-state index contributed by atoms with van der Waals surface area (Å²) in [5.41, 5.74) is 0. The number of unbranched alkanes of at least 4 members (excludes halogenated alkanes) is 27. The molecule has 2 atom stereocenters. The predicted molar refractivity (Wildman–Crippen MR) is 268 cm³/mol. The zero-order valence-corrected chi connectivity index (χ0v) is 42.9. The van der Waals surface area contributed by atoms with E-state index in [4.69, 9.17) is 18.5 Å². The van der Waals surface area contributed by atoms with Gasteiger partial charge in [-0.3, -0.25) is 9.36 Å². The van der Waals surface area contributed by atoms with Gasteiger partial charge in [-0.05, 0) is 51.4 Å². The van der Waals surface area contributed by atoms with Gasteiger partial charge >= 0.3 is 5.97 Å². The van der Waals surface area contributed by atoms with Crippen LogP contribution >= 0.6 is 7.82 Å². The number of hydrogen-bond acceptors (Lipinski definition) is 7. The summed E-state index contributed by atoms with van der Waals surface area (Å²) in [6.45, 7) is 5.29. The van der Waals surface area contributed by atoms with Gasteiger partial charge in [0, 0.05) is 13.0 Å². The number of nitrogens with zero attached hydrogens (tertiary/aromatic N) is 1. The molecular weight excluding hydrogens is 806 g/mol. The van der Waals surface area contributed by atoms with Gasteiger partial charge < -0.3 is 27.9 Å². The molecule has 0 aromatic carbocycles. The molecule has 0 aliphatic carbocycles. The smallest absolute Gasteiger partial charge is 0.306 e. The molecule has 0 fully saturated rings. The Morgan fingerprint density at radius 3 is 1.38 bits per heavy atom. The van der Waals surface area contributed by atoms with E-state index in [9.17, 15) is 14.3 Å². The van der Waals surface area contributed by atoms with Gasteiger partial charge in [-0.2, -0.15) is 0 Å². The lowest BCUT2D eigenvalue weighted by Gasteiger charge is -2.28. The molecule has 63 heavy (non-hydrogen) atoms. The maximum absolute atomic E-state index is 12.8. The first-order valence-corrected chi connectivity index (χ1v) is 27.8. The van der Waals surface area contributed by atoms with Crippen molar-refractivity contribution in [1.29, 1.82) is 0 Å². The molecular formula is C54H102NO7P. The second kappa shape index (κ2) is 47.0. The van der Waals surface area contributed by atoms with Crippen LogP contribution in [-0.4, -0.2) is 70.7 Å². The van der Waals surface area contributed by atoms with Crippen molar-refractivity contribution in [3.05, 3.63) is 48.6 Å². The minimum absolute atomic E-state index is 0.0220. The second-order valence-corrected chi connectivity index (χ2v) is 20.3. The van der Waals surface area contributed by atoms with E-state index >= 15 is 0 Å². The highest BCUT2D eigenvalue weighted by Gasteiger charge is 2.20. The number of ether oxygens (including phenoxy) is 2. The van der Waals surface area contributed by atoms with E-state index in [-0.39, 0.29) is 25.8 Å². The fourth-order valence-corrected chi connectivity index (χ4v) is 8.09. The van der Waals surface area contributed by atoms with Crippen LogP contribution in [0.4, 0.5) is 0 Å². The number of carbonyl (C=O) groups is 1. The molecule has 0 rings (SSSR count). The Labute approximate surface area is 390 Å². The van der Waals surface area contributed by atoms with E-state index in [0.717, 1.165) is 70.6 Å². The van der Waals surface area contributed by atoms with Crippen molar-refractivity contribution in [3.63, 3.8) is 0 Å². The van der Waals surface area contributed by atoms with Crippen molar-refractivity contribution in [2.45, 2.75) is 238 Å². The minimum atomic E-state index is -4.54. The van der Waals surface area contributed by atoms with Crippen LogP contribution in [-0.2, 0) is 27.9 Å². The molecule has 0 spiro atoms. The summed E-state index contributed by atoms with van der Waals surface area (Å²) in [7, 11) is 1.35. The highest BCUT2D eigenvalue weighted by Crippen LogP contribution is 2.38. The summed E-state index contributed by atoms with van der Waals surface area (Å²) < 4.78 is 34.7. The van der Waals surface area contributed by atoms with Crippen molar-refractivity contribution in [2.24, 2.45) is 0 Å². The highest BCUT2D eigenvalue weighted by atomic mass is 31.2. The molecule has 0 N–H and O–H groups in total. The SMILES string of the molecule is CC/C=C\C/C=C\C/C=C\C/C=C\CCCCCCCOCC(COP(=O)([O-])OCC[N+](C)(C)C)OC(=O)CCCCCCCCCCCCCCCCCCCCCCCCC. The van der Waals surface area contributed by atoms with Gasteiger partial charge in [0.15, 0.2) is 0 Å². The van der Waals surface area contributed by atoms with Crippen LogP contribution < -0.4 is 4.89 Å². The Kier molecular flexibility index (Phi) is 45.8. The number of esters is 1. The van der Waals surface area contributed by atoms with Gasteiger partial charge in [0.25, 0.3) is 7.82 Å². The van der Waals surface area contributed by atoms with E-state index in [1.807, 2.05) is 21.1 Å². The Hall–Kier alpha value is -1.54. The summed E-state index contributed by atoms with van der Waals surface area (Å²) >= 11 is 0. The van der Waals surface area contributed by atoms with Gasteiger partial charge in [0.2, 0.25) is 0 Å². The summed E-state index contributed by atoms with van der Waals surface area (Å²) in [5, 5.41) is 0. The number of allylic oxidation sites excluding steroid dienone is 8. The zero-order valence-electron chi connectivity index (χ0n) is 42.0.